The van der Waals surface area contributed by atoms with Gasteiger partial charge in [-0.2, -0.15) is 0 Å². The summed E-state index contributed by atoms with van der Waals surface area (Å²) in [4.78, 5) is 17.2. The van der Waals surface area contributed by atoms with Crippen LogP contribution in [0.5, 0.6) is 0 Å². The molecule has 0 spiro atoms. The van der Waals surface area contributed by atoms with E-state index < -0.39 is 9.84 Å². The summed E-state index contributed by atoms with van der Waals surface area (Å²) in [5, 5.41) is 5.70. The van der Waals surface area contributed by atoms with Crippen LogP contribution >= 0.6 is 23.1 Å². The lowest BCUT2D eigenvalue weighted by Crippen LogP contribution is -2.35. The largest absolute Gasteiger partial charge is 0.451 e. The molecule has 1 aromatic carbocycles. The van der Waals surface area contributed by atoms with E-state index in [-0.39, 0.29) is 29.2 Å². The normalized spacial score (nSPS) is 18.8. The van der Waals surface area contributed by atoms with Gasteiger partial charge in [-0.25, -0.2) is 13.4 Å². The second kappa shape index (κ2) is 7.29. The summed E-state index contributed by atoms with van der Waals surface area (Å²) in [6, 6.07) is 7.16. The number of thiazole rings is 1. The van der Waals surface area contributed by atoms with Crippen molar-refractivity contribution < 1.29 is 17.6 Å². The number of nitrogens with one attached hydrogen (secondary N) is 1. The van der Waals surface area contributed by atoms with Crippen molar-refractivity contribution >= 4 is 49.8 Å². The van der Waals surface area contributed by atoms with Gasteiger partial charge < -0.3 is 9.73 Å². The van der Waals surface area contributed by atoms with Crippen molar-refractivity contribution in [3.05, 3.63) is 46.7 Å². The number of aromatic nitrogens is 1. The molecule has 1 fully saturated rings. The zero-order valence-electron chi connectivity index (χ0n) is 14.6. The molecular formula is C18H18N2O4S3. The number of aryl methyl sites for hydroxylation is 1. The molecule has 6 nitrogen and oxygen atoms in total. The Morgan fingerprint density at radius 3 is 2.93 bits per heavy atom. The molecule has 9 heteroatoms. The Balaban J connectivity index is 1.60. The number of para-hydroxylation sites is 1. The van der Waals surface area contributed by atoms with E-state index in [1.807, 2.05) is 36.6 Å². The summed E-state index contributed by atoms with van der Waals surface area (Å²) >= 11 is 3.13. The predicted molar refractivity (Wildman–Crippen MR) is 107 cm³/mol. The lowest BCUT2D eigenvalue weighted by atomic mass is 10.1. The van der Waals surface area contributed by atoms with Crippen molar-refractivity contribution in [3.8, 4) is 0 Å². The third-order valence-electron chi connectivity index (χ3n) is 4.41. The second-order valence-corrected chi connectivity index (χ2v) is 10.8. The fourth-order valence-electron chi connectivity index (χ4n) is 3.12. The van der Waals surface area contributed by atoms with E-state index in [4.69, 9.17) is 4.42 Å². The molecular weight excluding hydrogens is 404 g/mol. The summed E-state index contributed by atoms with van der Waals surface area (Å²) in [6.45, 7) is 1.95. The summed E-state index contributed by atoms with van der Waals surface area (Å²) in [7, 11) is -3.06. The number of amides is 1. The molecule has 0 radical (unpaired) electrons. The van der Waals surface area contributed by atoms with E-state index in [0.717, 1.165) is 21.0 Å². The smallest absolute Gasteiger partial charge is 0.287 e. The number of benzene rings is 1. The minimum atomic E-state index is -3.06. The summed E-state index contributed by atoms with van der Waals surface area (Å²) in [5.41, 5.74) is 2.43. The van der Waals surface area contributed by atoms with Gasteiger partial charge in [0.05, 0.1) is 11.5 Å². The first-order valence-electron chi connectivity index (χ1n) is 8.48. The lowest BCUT2D eigenvalue weighted by Gasteiger charge is -2.10. The van der Waals surface area contributed by atoms with Crippen molar-refractivity contribution in [1.82, 2.24) is 10.3 Å². The molecule has 0 saturated carbocycles. The van der Waals surface area contributed by atoms with E-state index in [1.165, 1.54) is 0 Å². The third-order valence-corrected chi connectivity index (χ3v) is 8.34. The molecule has 142 valence electrons. The van der Waals surface area contributed by atoms with Gasteiger partial charge in [-0.05, 0) is 19.4 Å². The number of nitrogens with zero attached hydrogens (tertiary/aromatic N) is 1. The molecule has 1 saturated heterocycles. The van der Waals surface area contributed by atoms with Crippen LogP contribution in [-0.4, -0.2) is 36.9 Å². The highest BCUT2D eigenvalue weighted by Gasteiger charge is 2.31. The van der Waals surface area contributed by atoms with Gasteiger partial charge in [0.1, 0.15) is 9.92 Å². The molecule has 1 atom stereocenters. The van der Waals surface area contributed by atoms with Crippen LogP contribution in [0.3, 0.4) is 0 Å². The molecule has 27 heavy (non-hydrogen) atoms. The Morgan fingerprint density at radius 2 is 2.22 bits per heavy atom. The van der Waals surface area contributed by atoms with E-state index in [1.54, 1.807) is 23.1 Å². The Hall–Kier alpha value is -1.84. The van der Waals surface area contributed by atoms with E-state index in [2.05, 4.69) is 10.3 Å². The number of furan rings is 1. The second-order valence-electron chi connectivity index (χ2n) is 6.52. The number of fused-ring (bicyclic) bond motifs is 1. The number of sulfone groups is 1. The van der Waals surface area contributed by atoms with Crippen LogP contribution in [0.15, 0.2) is 38.4 Å². The number of hydrogen-bond donors (Lipinski definition) is 1. The highest BCUT2D eigenvalue weighted by molar-refractivity contribution is 8.00. The first kappa shape index (κ1) is 18.5. The van der Waals surface area contributed by atoms with Gasteiger partial charge in [-0.3, -0.25) is 4.79 Å². The van der Waals surface area contributed by atoms with Gasteiger partial charge in [0.2, 0.25) is 0 Å². The van der Waals surface area contributed by atoms with Crippen molar-refractivity contribution in [2.45, 2.75) is 29.5 Å². The van der Waals surface area contributed by atoms with Crippen LogP contribution in [0.25, 0.3) is 11.0 Å². The van der Waals surface area contributed by atoms with E-state index in [9.17, 15) is 13.2 Å². The monoisotopic (exact) mass is 422 g/mol. The van der Waals surface area contributed by atoms with Gasteiger partial charge in [0.25, 0.3) is 5.91 Å². The maximum absolute atomic E-state index is 12.8. The molecule has 0 bridgehead atoms. The molecule has 0 aliphatic carbocycles. The van der Waals surface area contributed by atoms with Gasteiger partial charge >= 0.3 is 0 Å². The third kappa shape index (κ3) is 4.04. The molecule has 1 aliphatic rings. The van der Waals surface area contributed by atoms with Crippen LogP contribution in [0, 0.1) is 6.92 Å². The lowest BCUT2D eigenvalue weighted by molar-refractivity contribution is 0.0914. The van der Waals surface area contributed by atoms with Crippen molar-refractivity contribution in [3.63, 3.8) is 0 Å². The predicted octanol–water partition coefficient (Wildman–Crippen LogP) is 3.41. The van der Waals surface area contributed by atoms with Crippen LogP contribution in [-0.2, 0) is 15.6 Å². The molecule has 1 N–H and O–H groups in total. The fraction of sp³-hybridized carbons (Fsp3) is 0.333. The van der Waals surface area contributed by atoms with Crippen LogP contribution in [0.2, 0.25) is 0 Å². The van der Waals surface area contributed by atoms with E-state index in [0.29, 0.717) is 17.8 Å². The van der Waals surface area contributed by atoms with Crippen LogP contribution in [0.4, 0.5) is 0 Å². The fourth-order valence-corrected chi connectivity index (χ4v) is 6.67. The number of hydrogen-bond acceptors (Lipinski definition) is 7. The Morgan fingerprint density at radius 1 is 1.41 bits per heavy atom. The Bertz CT molecular complexity index is 1100. The van der Waals surface area contributed by atoms with Crippen LogP contribution < -0.4 is 5.32 Å². The van der Waals surface area contributed by atoms with Crippen molar-refractivity contribution in [2.24, 2.45) is 0 Å². The maximum atomic E-state index is 12.8. The topological polar surface area (TPSA) is 89.3 Å². The highest BCUT2D eigenvalue weighted by atomic mass is 32.2. The minimum Gasteiger partial charge on any atom is -0.451 e. The molecule has 1 amide bonds. The molecule has 2 aromatic heterocycles. The molecule has 3 aromatic rings. The number of thioether (sulfide) groups is 1. The quantitative estimate of drug-likeness (QED) is 0.634. The molecule has 3 heterocycles. The zero-order chi connectivity index (χ0) is 19.0. The van der Waals surface area contributed by atoms with E-state index >= 15 is 0 Å². The van der Waals surface area contributed by atoms with Crippen molar-refractivity contribution in [1.29, 1.82) is 0 Å². The Labute approximate surface area is 165 Å². The highest BCUT2D eigenvalue weighted by Crippen LogP contribution is 2.33. The van der Waals surface area contributed by atoms with Crippen LogP contribution in [0.1, 0.15) is 28.2 Å². The zero-order valence-corrected chi connectivity index (χ0v) is 17.0. The Kier molecular flexibility index (Phi) is 5.00. The average Bonchev–Trinajstić information content (AvgIpc) is 3.30. The summed E-state index contributed by atoms with van der Waals surface area (Å²) in [6.07, 6.45) is 0.441. The summed E-state index contributed by atoms with van der Waals surface area (Å²) < 4.78 is 30.0. The number of carbonyl (C=O) groups excluding carboxylic acids is 1. The SMILES string of the molecule is Cc1csc(SCc2c(C(=O)NC3CCS(=O)(=O)C3)oc3ccccc23)n1. The van der Waals surface area contributed by atoms with Gasteiger partial charge in [-0.15, -0.1) is 11.3 Å². The average molecular weight is 423 g/mol. The maximum Gasteiger partial charge on any atom is 0.287 e. The van der Waals surface area contributed by atoms with Gasteiger partial charge in [-0.1, -0.05) is 30.0 Å². The first-order chi connectivity index (χ1) is 12.9. The van der Waals surface area contributed by atoms with Gasteiger partial charge in [0.15, 0.2) is 15.6 Å². The van der Waals surface area contributed by atoms with Crippen molar-refractivity contribution in [2.75, 3.05) is 11.5 Å². The molecule has 4 rings (SSSR count). The standard InChI is InChI=1S/C18H18N2O4S3/c1-11-8-25-18(19-11)26-9-14-13-4-2-3-5-15(13)24-16(14)17(21)20-12-6-7-27(22,23)10-12/h2-5,8,12H,6-7,9-10H2,1H3,(H,20,21). The number of rotatable bonds is 5. The molecule has 1 unspecified atom stereocenters. The first-order valence-corrected chi connectivity index (χ1v) is 12.2. The number of carbonyl (C=O) groups is 1. The van der Waals surface area contributed by atoms with Gasteiger partial charge in [0, 0.05) is 33.8 Å². The minimum absolute atomic E-state index is 0.0125. The summed E-state index contributed by atoms with van der Waals surface area (Å²) in [5.74, 6) is 0.543. The molecule has 1 aliphatic heterocycles.